The Kier molecular flexibility index (Phi) is 2.68. The minimum atomic E-state index is -3.59. The van der Waals surface area contributed by atoms with Crippen LogP contribution in [0.4, 0.5) is 4.39 Å². The number of rotatable bonds is 2. The molecular weight excluding hydrogens is 279 g/mol. The van der Waals surface area contributed by atoms with Crippen molar-refractivity contribution in [3.8, 4) is 0 Å². The Labute approximate surface area is 110 Å². The second-order valence-corrected chi connectivity index (χ2v) is 7.26. The van der Waals surface area contributed by atoms with Gasteiger partial charge < -0.3 is 5.32 Å². The van der Waals surface area contributed by atoms with Gasteiger partial charge in [-0.1, -0.05) is 11.6 Å². The average Bonchev–Trinajstić information content (AvgIpc) is 2.11. The molecule has 0 atom stereocenters. The van der Waals surface area contributed by atoms with Crippen LogP contribution in [0.3, 0.4) is 0 Å². The van der Waals surface area contributed by atoms with Crippen LogP contribution in [0.2, 0.25) is 5.02 Å². The lowest BCUT2D eigenvalue weighted by atomic mass is 9.76. The van der Waals surface area contributed by atoms with E-state index in [2.05, 4.69) is 5.32 Å². The van der Waals surface area contributed by atoms with E-state index in [9.17, 15) is 12.8 Å². The van der Waals surface area contributed by atoms with Crippen molar-refractivity contribution in [1.29, 1.82) is 0 Å². The molecule has 0 radical (unpaired) electrons. The summed E-state index contributed by atoms with van der Waals surface area (Å²) in [5.74, 6) is -0.540. The second-order valence-electron chi connectivity index (χ2n) is 4.95. The SMILES string of the molecule is O=S(=O)(c1ccc(F)cc1Cl)N1CC2(CNC2)C1. The van der Waals surface area contributed by atoms with Crippen LogP contribution in [0, 0.1) is 11.2 Å². The maximum absolute atomic E-state index is 12.9. The van der Waals surface area contributed by atoms with E-state index in [1.54, 1.807) is 0 Å². The molecule has 98 valence electrons. The van der Waals surface area contributed by atoms with Crippen molar-refractivity contribution in [1.82, 2.24) is 9.62 Å². The zero-order valence-corrected chi connectivity index (χ0v) is 11.1. The molecule has 2 aliphatic heterocycles. The third-order valence-corrected chi connectivity index (χ3v) is 5.81. The van der Waals surface area contributed by atoms with Crippen molar-refractivity contribution >= 4 is 21.6 Å². The van der Waals surface area contributed by atoms with E-state index in [4.69, 9.17) is 11.6 Å². The molecular formula is C11H12ClFN2O2S. The highest BCUT2D eigenvalue weighted by Crippen LogP contribution is 2.38. The summed E-state index contributed by atoms with van der Waals surface area (Å²) in [6.45, 7) is 2.73. The summed E-state index contributed by atoms with van der Waals surface area (Å²) in [7, 11) is -3.59. The summed E-state index contributed by atoms with van der Waals surface area (Å²) in [5, 5.41) is 3.07. The fourth-order valence-corrected chi connectivity index (χ4v) is 4.57. The molecule has 3 rings (SSSR count). The molecule has 2 aliphatic rings. The first-order valence-electron chi connectivity index (χ1n) is 5.59. The minimum absolute atomic E-state index is 0.0206. The van der Waals surface area contributed by atoms with E-state index < -0.39 is 15.8 Å². The highest BCUT2D eigenvalue weighted by molar-refractivity contribution is 7.89. The third kappa shape index (κ3) is 1.75. The summed E-state index contributed by atoms with van der Waals surface area (Å²) >= 11 is 5.80. The van der Waals surface area contributed by atoms with Gasteiger partial charge in [-0.15, -0.1) is 0 Å². The predicted molar refractivity (Wildman–Crippen MR) is 65.5 cm³/mol. The molecule has 18 heavy (non-hydrogen) atoms. The van der Waals surface area contributed by atoms with Gasteiger partial charge in [0, 0.05) is 31.6 Å². The van der Waals surface area contributed by atoms with Crippen LogP contribution in [0.15, 0.2) is 23.1 Å². The largest absolute Gasteiger partial charge is 0.315 e. The lowest BCUT2D eigenvalue weighted by Crippen LogP contribution is -2.71. The number of sulfonamides is 1. The number of hydrogen-bond donors (Lipinski definition) is 1. The average molecular weight is 291 g/mol. The molecule has 2 fully saturated rings. The predicted octanol–water partition coefficient (Wildman–Crippen LogP) is 1.07. The van der Waals surface area contributed by atoms with Crippen molar-refractivity contribution in [2.45, 2.75) is 4.90 Å². The lowest BCUT2D eigenvalue weighted by Gasteiger charge is -2.55. The molecule has 0 bridgehead atoms. The summed E-state index contributed by atoms with van der Waals surface area (Å²) in [6, 6.07) is 3.35. The van der Waals surface area contributed by atoms with Gasteiger partial charge in [0.15, 0.2) is 0 Å². The van der Waals surface area contributed by atoms with Gasteiger partial charge in [-0.25, -0.2) is 12.8 Å². The molecule has 0 unspecified atom stereocenters. The minimum Gasteiger partial charge on any atom is -0.315 e. The number of halogens is 2. The molecule has 4 nitrogen and oxygen atoms in total. The van der Waals surface area contributed by atoms with Gasteiger partial charge in [-0.3, -0.25) is 0 Å². The first kappa shape index (κ1) is 12.3. The van der Waals surface area contributed by atoms with Gasteiger partial charge >= 0.3 is 0 Å². The molecule has 0 aromatic heterocycles. The molecule has 0 aliphatic carbocycles. The molecule has 1 aromatic carbocycles. The molecule has 1 N–H and O–H groups in total. The lowest BCUT2D eigenvalue weighted by molar-refractivity contribution is 0.0164. The fraction of sp³-hybridized carbons (Fsp3) is 0.455. The van der Waals surface area contributed by atoms with Crippen LogP contribution in [-0.2, 0) is 10.0 Å². The van der Waals surface area contributed by atoms with E-state index in [-0.39, 0.29) is 15.3 Å². The van der Waals surface area contributed by atoms with Gasteiger partial charge in [0.2, 0.25) is 10.0 Å². The molecule has 0 amide bonds. The first-order valence-corrected chi connectivity index (χ1v) is 7.41. The van der Waals surface area contributed by atoms with Crippen molar-refractivity contribution in [2.24, 2.45) is 5.41 Å². The van der Waals surface area contributed by atoms with Crippen molar-refractivity contribution < 1.29 is 12.8 Å². The highest BCUT2D eigenvalue weighted by atomic mass is 35.5. The van der Waals surface area contributed by atoms with Crippen molar-refractivity contribution in [2.75, 3.05) is 26.2 Å². The van der Waals surface area contributed by atoms with Gasteiger partial charge in [0.05, 0.1) is 5.02 Å². The number of benzene rings is 1. The Balaban J connectivity index is 1.86. The second kappa shape index (κ2) is 3.90. The van der Waals surface area contributed by atoms with Crippen LogP contribution < -0.4 is 5.32 Å². The maximum atomic E-state index is 12.9. The van der Waals surface area contributed by atoms with Crippen molar-refractivity contribution in [3.63, 3.8) is 0 Å². The molecule has 2 saturated heterocycles. The standard InChI is InChI=1S/C11H12ClFN2O2S/c12-9-3-8(13)1-2-10(9)18(16,17)15-6-11(7-15)4-14-5-11/h1-3,14H,4-7H2. The Morgan fingerprint density at radius 2 is 2.00 bits per heavy atom. The van der Waals surface area contributed by atoms with Gasteiger partial charge in [0.1, 0.15) is 10.7 Å². The van der Waals surface area contributed by atoms with Crippen LogP contribution in [-0.4, -0.2) is 38.9 Å². The molecule has 7 heteroatoms. The van der Waals surface area contributed by atoms with E-state index in [1.165, 1.54) is 10.4 Å². The smallest absolute Gasteiger partial charge is 0.244 e. The molecule has 1 aromatic rings. The van der Waals surface area contributed by atoms with Crippen LogP contribution in [0.1, 0.15) is 0 Å². The van der Waals surface area contributed by atoms with Crippen LogP contribution in [0.5, 0.6) is 0 Å². The van der Waals surface area contributed by atoms with Gasteiger partial charge in [0.25, 0.3) is 0 Å². The van der Waals surface area contributed by atoms with Gasteiger partial charge in [-0.2, -0.15) is 4.31 Å². The number of hydrogen-bond acceptors (Lipinski definition) is 3. The Bertz CT molecular complexity index is 593. The molecule has 2 heterocycles. The number of nitrogens with zero attached hydrogens (tertiary/aromatic N) is 1. The molecule has 1 spiro atoms. The topological polar surface area (TPSA) is 49.4 Å². The summed E-state index contributed by atoms with van der Waals surface area (Å²) in [4.78, 5) is -0.0206. The third-order valence-electron chi connectivity index (χ3n) is 3.54. The Hall–Kier alpha value is -0.690. The summed E-state index contributed by atoms with van der Waals surface area (Å²) in [6.07, 6.45) is 0. The molecule has 0 saturated carbocycles. The maximum Gasteiger partial charge on any atom is 0.244 e. The van der Waals surface area contributed by atoms with E-state index in [0.717, 1.165) is 25.2 Å². The summed E-state index contributed by atoms with van der Waals surface area (Å²) in [5.41, 5.74) is 0.111. The van der Waals surface area contributed by atoms with E-state index >= 15 is 0 Å². The van der Waals surface area contributed by atoms with Gasteiger partial charge in [-0.05, 0) is 18.2 Å². The quantitative estimate of drug-likeness (QED) is 0.886. The zero-order valence-electron chi connectivity index (χ0n) is 9.49. The summed E-state index contributed by atoms with van der Waals surface area (Å²) < 4.78 is 38.9. The van der Waals surface area contributed by atoms with E-state index in [1.807, 2.05) is 0 Å². The zero-order chi connectivity index (χ0) is 13.0. The van der Waals surface area contributed by atoms with Crippen molar-refractivity contribution in [3.05, 3.63) is 29.0 Å². The Morgan fingerprint density at radius 3 is 2.50 bits per heavy atom. The van der Waals surface area contributed by atoms with Crippen LogP contribution in [0.25, 0.3) is 0 Å². The fourth-order valence-electron chi connectivity index (χ4n) is 2.40. The monoisotopic (exact) mass is 290 g/mol. The van der Waals surface area contributed by atoms with Crippen LogP contribution >= 0.6 is 11.6 Å². The Morgan fingerprint density at radius 1 is 1.33 bits per heavy atom. The van der Waals surface area contributed by atoms with E-state index in [0.29, 0.717) is 13.1 Å². The normalized spacial score (nSPS) is 22.6. The first-order chi connectivity index (χ1) is 8.43. The highest BCUT2D eigenvalue weighted by Gasteiger charge is 2.52. The number of nitrogens with one attached hydrogen (secondary N) is 1.